The Morgan fingerprint density at radius 2 is 2.03 bits per heavy atom. The van der Waals surface area contributed by atoms with E-state index >= 15 is 0 Å². The second-order valence-corrected chi connectivity index (χ2v) is 10.8. The second-order valence-electron chi connectivity index (χ2n) is 10.8. The van der Waals surface area contributed by atoms with Gasteiger partial charge in [0, 0.05) is 23.4 Å². The molecule has 1 aliphatic heterocycles. The van der Waals surface area contributed by atoms with E-state index in [9.17, 15) is 14.4 Å². The maximum Gasteiger partial charge on any atom is 0.268 e. The molecule has 2 saturated carbocycles. The van der Waals surface area contributed by atoms with E-state index in [0.717, 1.165) is 36.6 Å². The Morgan fingerprint density at radius 1 is 1.25 bits per heavy atom. The van der Waals surface area contributed by atoms with Crippen LogP contribution in [0.3, 0.4) is 0 Å². The molecule has 2 aliphatic carbocycles. The Morgan fingerprint density at radius 3 is 2.69 bits per heavy atom. The van der Waals surface area contributed by atoms with Gasteiger partial charge in [0.15, 0.2) is 0 Å². The Bertz CT molecular complexity index is 1210. The third-order valence-corrected chi connectivity index (χ3v) is 8.33. The molecule has 2 heterocycles. The van der Waals surface area contributed by atoms with Crippen molar-refractivity contribution in [1.82, 2.24) is 20.9 Å². The zero-order valence-corrected chi connectivity index (χ0v) is 20.7. The van der Waals surface area contributed by atoms with E-state index in [1.54, 1.807) is 13.2 Å². The minimum atomic E-state index is -1.02. The fourth-order valence-corrected chi connectivity index (χ4v) is 6.52. The number of aromatic nitrogens is 1. The molecule has 3 fully saturated rings. The van der Waals surface area contributed by atoms with Crippen LogP contribution in [0.15, 0.2) is 24.3 Å². The number of terminal acetylenes is 1. The molecule has 8 heteroatoms. The molecule has 0 radical (unpaired) electrons. The van der Waals surface area contributed by atoms with Crippen LogP contribution in [0.1, 0.15) is 68.3 Å². The lowest BCUT2D eigenvalue weighted by molar-refractivity contribution is -0.140. The quantitative estimate of drug-likeness (QED) is 0.447. The van der Waals surface area contributed by atoms with Crippen molar-refractivity contribution in [3.8, 4) is 18.1 Å². The van der Waals surface area contributed by atoms with Gasteiger partial charge < -0.3 is 25.7 Å². The van der Waals surface area contributed by atoms with Gasteiger partial charge in [0.2, 0.25) is 11.8 Å². The van der Waals surface area contributed by atoms with E-state index in [4.69, 9.17) is 11.2 Å². The predicted molar refractivity (Wildman–Crippen MR) is 136 cm³/mol. The molecule has 1 aromatic carbocycles. The molecule has 3 amide bonds. The van der Waals surface area contributed by atoms with Crippen LogP contribution < -0.4 is 20.7 Å². The Labute approximate surface area is 211 Å². The van der Waals surface area contributed by atoms with E-state index in [1.165, 1.54) is 6.42 Å². The number of benzene rings is 1. The van der Waals surface area contributed by atoms with Gasteiger partial charge in [-0.3, -0.25) is 14.4 Å². The van der Waals surface area contributed by atoms with Crippen molar-refractivity contribution in [2.45, 2.75) is 69.4 Å². The standard InChI is InChI=1S/C28H34N4O4/c1-3-19(14-18-10-13-29-24(18)33)30-26(35)28(16-27(17-28)11-5-4-6-12-27)32-25(34)22-15-20-21(31-22)8-7-9-23(20)36-2/h1,7-9,15,18-19,31H,4-6,10-14,16-17H2,2H3,(H,29,33)(H,30,35)(H,32,34). The number of methoxy groups -OCH3 is 1. The minimum Gasteiger partial charge on any atom is -0.496 e. The second kappa shape index (κ2) is 9.53. The number of fused-ring (bicyclic) bond motifs is 1. The molecule has 36 heavy (non-hydrogen) atoms. The van der Waals surface area contributed by atoms with E-state index in [2.05, 4.69) is 26.9 Å². The number of hydrogen-bond acceptors (Lipinski definition) is 4. The number of amides is 3. The summed E-state index contributed by atoms with van der Waals surface area (Å²) in [4.78, 5) is 42.3. The first-order chi connectivity index (χ1) is 17.4. The van der Waals surface area contributed by atoms with Gasteiger partial charge in [-0.05, 0) is 62.1 Å². The van der Waals surface area contributed by atoms with Gasteiger partial charge in [0.1, 0.15) is 17.0 Å². The normalized spacial score (nSPS) is 22.8. The third kappa shape index (κ3) is 4.43. The third-order valence-electron chi connectivity index (χ3n) is 8.33. The highest BCUT2D eigenvalue weighted by molar-refractivity contribution is 6.03. The molecule has 3 aliphatic rings. The van der Waals surface area contributed by atoms with Crippen LogP contribution >= 0.6 is 0 Å². The summed E-state index contributed by atoms with van der Waals surface area (Å²) in [6.07, 6.45) is 13.7. The zero-order valence-electron chi connectivity index (χ0n) is 20.7. The molecule has 2 atom stereocenters. The Hall–Kier alpha value is -3.47. The largest absolute Gasteiger partial charge is 0.496 e. The number of carbonyl (C=O) groups is 3. The molecular formula is C28H34N4O4. The van der Waals surface area contributed by atoms with Gasteiger partial charge in [-0.1, -0.05) is 31.2 Å². The summed E-state index contributed by atoms with van der Waals surface area (Å²) >= 11 is 0. The predicted octanol–water partition coefficient (Wildman–Crippen LogP) is 3.03. The lowest BCUT2D eigenvalue weighted by Crippen LogP contribution is -2.70. The smallest absolute Gasteiger partial charge is 0.268 e. The minimum absolute atomic E-state index is 0.0217. The van der Waals surface area contributed by atoms with Crippen molar-refractivity contribution >= 4 is 28.6 Å². The number of hydrogen-bond donors (Lipinski definition) is 4. The van der Waals surface area contributed by atoms with Crippen LogP contribution in [-0.2, 0) is 9.59 Å². The van der Waals surface area contributed by atoms with Crippen LogP contribution in [0, 0.1) is 23.7 Å². The van der Waals surface area contributed by atoms with Crippen LogP contribution in [-0.4, -0.2) is 47.9 Å². The van der Waals surface area contributed by atoms with Gasteiger partial charge in [-0.2, -0.15) is 0 Å². The van der Waals surface area contributed by atoms with E-state index in [1.807, 2.05) is 18.2 Å². The topological polar surface area (TPSA) is 112 Å². The number of aromatic amines is 1. The van der Waals surface area contributed by atoms with Crippen LogP contribution in [0.4, 0.5) is 0 Å². The number of H-pyrrole nitrogens is 1. The van der Waals surface area contributed by atoms with Crippen molar-refractivity contribution in [2.75, 3.05) is 13.7 Å². The first-order valence-electron chi connectivity index (χ1n) is 12.9. The van der Waals surface area contributed by atoms with Crippen molar-refractivity contribution in [3.05, 3.63) is 30.0 Å². The average Bonchev–Trinajstić information content (AvgIpc) is 3.49. The SMILES string of the molecule is C#CC(CC1CCNC1=O)NC(=O)C1(NC(=O)c2cc3c(OC)cccc3[nH]2)CC2(CCCCC2)C1. The molecule has 2 aromatic rings. The Kier molecular flexibility index (Phi) is 6.42. The van der Waals surface area contributed by atoms with E-state index in [-0.39, 0.29) is 29.1 Å². The maximum atomic E-state index is 13.7. The van der Waals surface area contributed by atoms with Gasteiger partial charge >= 0.3 is 0 Å². The number of carbonyl (C=O) groups excluding carboxylic acids is 3. The number of rotatable bonds is 7. The van der Waals surface area contributed by atoms with E-state index in [0.29, 0.717) is 43.7 Å². The molecule has 2 unspecified atom stereocenters. The first kappa shape index (κ1) is 24.2. The number of nitrogens with one attached hydrogen (secondary N) is 4. The summed E-state index contributed by atoms with van der Waals surface area (Å²) in [6.45, 7) is 0.631. The van der Waals surface area contributed by atoms with Gasteiger partial charge in [0.25, 0.3) is 5.91 Å². The van der Waals surface area contributed by atoms with E-state index < -0.39 is 11.6 Å². The zero-order chi connectivity index (χ0) is 25.3. The summed E-state index contributed by atoms with van der Waals surface area (Å²) in [7, 11) is 1.59. The molecule has 5 rings (SSSR count). The fraction of sp³-hybridized carbons (Fsp3) is 0.536. The highest BCUT2D eigenvalue weighted by Crippen LogP contribution is 2.57. The van der Waals surface area contributed by atoms with Crippen LogP contribution in [0.2, 0.25) is 0 Å². The first-order valence-corrected chi connectivity index (χ1v) is 12.9. The molecule has 8 nitrogen and oxygen atoms in total. The maximum absolute atomic E-state index is 13.7. The van der Waals surface area contributed by atoms with Gasteiger partial charge in [-0.15, -0.1) is 6.42 Å². The molecule has 0 bridgehead atoms. The van der Waals surface area contributed by atoms with Crippen molar-refractivity contribution in [1.29, 1.82) is 0 Å². The summed E-state index contributed by atoms with van der Waals surface area (Å²) in [5.74, 6) is 2.50. The average molecular weight is 491 g/mol. The van der Waals surface area contributed by atoms with Crippen molar-refractivity contribution in [3.63, 3.8) is 0 Å². The van der Waals surface area contributed by atoms with Crippen LogP contribution in [0.25, 0.3) is 10.9 Å². The monoisotopic (exact) mass is 490 g/mol. The fourth-order valence-electron chi connectivity index (χ4n) is 6.52. The lowest BCUT2D eigenvalue weighted by atomic mass is 9.51. The highest BCUT2D eigenvalue weighted by atomic mass is 16.5. The summed E-state index contributed by atoms with van der Waals surface area (Å²) < 4.78 is 5.42. The summed E-state index contributed by atoms with van der Waals surface area (Å²) in [5, 5.41) is 9.68. The molecule has 190 valence electrons. The van der Waals surface area contributed by atoms with Gasteiger partial charge in [0.05, 0.1) is 13.2 Å². The molecule has 1 aromatic heterocycles. The lowest BCUT2D eigenvalue weighted by Gasteiger charge is -2.57. The molecule has 4 N–H and O–H groups in total. The summed E-state index contributed by atoms with van der Waals surface area (Å²) in [5.41, 5.74) is 0.229. The van der Waals surface area contributed by atoms with Gasteiger partial charge in [-0.25, -0.2) is 0 Å². The van der Waals surface area contributed by atoms with Crippen molar-refractivity contribution < 1.29 is 19.1 Å². The Balaban J connectivity index is 1.35. The molecular weight excluding hydrogens is 456 g/mol. The summed E-state index contributed by atoms with van der Waals surface area (Å²) in [6, 6.07) is 6.77. The van der Waals surface area contributed by atoms with Crippen molar-refractivity contribution in [2.24, 2.45) is 11.3 Å². The number of ether oxygens (including phenoxy) is 1. The highest BCUT2D eigenvalue weighted by Gasteiger charge is 2.59. The van der Waals surface area contributed by atoms with Crippen LogP contribution in [0.5, 0.6) is 5.75 Å². The molecule has 1 saturated heterocycles. The molecule has 1 spiro atoms.